The van der Waals surface area contributed by atoms with E-state index < -0.39 is 11.9 Å². The second-order valence-corrected chi connectivity index (χ2v) is 4.27. The third-order valence-electron chi connectivity index (χ3n) is 2.86. The van der Waals surface area contributed by atoms with Crippen LogP contribution >= 0.6 is 0 Å². The van der Waals surface area contributed by atoms with Gasteiger partial charge in [0.05, 0.1) is 0 Å². The zero-order valence-electron chi connectivity index (χ0n) is 10.8. The minimum atomic E-state index is -4.35. The third kappa shape index (κ3) is 4.68. The summed E-state index contributed by atoms with van der Waals surface area (Å²) >= 11 is 0. The van der Waals surface area contributed by atoms with Crippen LogP contribution in [0.4, 0.5) is 13.2 Å². The third-order valence-corrected chi connectivity index (χ3v) is 2.86. The van der Waals surface area contributed by atoms with E-state index in [9.17, 15) is 13.2 Å². The predicted molar refractivity (Wildman–Crippen MR) is 64.2 cm³/mol. The first-order valence-electron chi connectivity index (χ1n) is 6.31. The summed E-state index contributed by atoms with van der Waals surface area (Å²) in [5.74, 6) is 0. The summed E-state index contributed by atoms with van der Waals surface area (Å²) in [6.07, 6.45) is -0.158. The van der Waals surface area contributed by atoms with Crippen LogP contribution in [0.2, 0.25) is 0 Å². The summed E-state index contributed by atoms with van der Waals surface area (Å²) in [4.78, 5) is 0. The maximum Gasteiger partial charge on any atom is 0.435 e. The molecule has 18 heavy (non-hydrogen) atoms. The van der Waals surface area contributed by atoms with Crippen molar-refractivity contribution in [2.75, 3.05) is 6.54 Å². The number of alkyl halides is 3. The first-order chi connectivity index (χ1) is 8.47. The van der Waals surface area contributed by atoms with Crippen molar-refractivity contribution >= 4 is 0 Å². The van der Waals surface area contributed by atoms with Crippen molar-refractivity contribution in [3.8, 4) is 0 Å². The molecule has 1 heterocycles. The van der Waals surface area contributed by atoms with E-state index in [0.717, 1.165) is 31.9 Å². The van der Waals surface area contributed by atoms with Crippen molar-refractivity contribution in [3.63, 3.8) is 0 Å². The van der Waals surface area contributed by atoms with Crippen LogP contribution in [0, 0.1) is 0 Å². The molecule has 0 saturated carbocycles. The molecule has 1 unspecified atom stereocenters. The molecule has 0 aliphatic heterocycles. The number of aromatic nitrogens is 2. The van der Waals surface area contributed by atoms with Gasteiger partial charge in [-0.3, -0.25) is 4.68 Å². The van der Waals surface area contributed by atoms with Crippen molar-refractivity contribution in [1.82, 2.24) is 15.1 Å². The van der Waals surface area contributed by atoms with E-state index in [-0.39, 0.29) is 0 Å². The van der Waals surface area contributed by atoms with E-state index in [0.29, 0.717) is 12.6 Å². The largest absolute Gasteiger partial charge is 0.435 e. The van der Waals surface area contributed by atoms with Gasteiger partial charge < -0.3 is 5.32 Å². The van der Waals surface area contributed by atoms with E-state index in [1.165, 1.54) is 10.9 Å². The summed E-state index contributed by atoms with van der Waals surface area (Å²) in [6, 6.07) is 1.45. The molecular weight excluding hydrogens is 243 g/mol. The molecule has 0 saturated heterocycles. The number of halogens is 3. The monoisotopic (exact) mass is 263 g/mol. The minimum absolute atomic E-state index is 0.438. The van der Waals surface area contributed by atoms with Crippen LogP contribution in [-0.2, 0) is 12.7 Å². The van der Waals surface area contributed by atoms with Crippen LogP contribution in [0.15, 0.2) is 12.3 Å². The molecule has 1 rings (SSSR count). The second kappa shape index (κ2) is 6.78. The Kier molecular flexibility index (Phi) is 5.65. The van der Waals surface area contributed by atoms with E-state index in [4.69, 9.17) is 0 Å². The Morgan fingerprint density at radius 2 is 2.11 bits per heavy atom. The molecular formula is C12H20F3N3. The molecule has 0 radical (unpaired) electrons. The van der Waals surface area contributed by atoms with Crippen molar-refractivity contribution in [3.05, 3.63) is 18.0 Å². The summed E-state index contributed by atoms with van der Waals surface area (Å²) < 4.78 is 38.3. The first-order valence-corrected chi connectivity index (χ1v) is 6.31. The van der Waals surface area contributed by atoms with Gasteiger partial charge in [0, 0.05) is 18.8 Å². The van der Waals surface area contributed by atoms with Crippen molar-refractivity contribution in [1.29, 1.82) is 0 Å². The molecule has 0 amide bonds. The van der Waals surface area contributed by atoms with Gasteiger partial charge in [0.2, 0.25) is 0 Å². The van der Waals surface area contributed by atoms with Gasteiger partial charge in [-0.25, -0.2) is 0 Å². The number of nitrogens with zero attached hydrogens (tertiary/aromatic N) is 2. The zero-order valence-corrected chi connectivity index (χ0v) is 10.8. The number of hydrogen-bond acceptors (Lipinski definition) is 2. The maximum absolute atomic E-state index is 12.3. The molecule has 104 valence electrons. The van der Waals surface area contributed by atoms with Gasteiger partial charge in [0.25, 0.3) is 0 Å². The van der Waals surface area contributed by atoms with Crippen molar-refractivity contribution < 1.29 is 13.2 Å². The Bertz CT molecular complexity index is 347. The van der Waals surface area contributed by atoms with E-state index in [2.05, 4.69) is 17.3 Å². The quantitative estimate of drug-likeness (QED) is 0.819. The minimum Gasteiger partial charge on any atom is -0.314 e. The van der Waals surface area contributed by atoms with Crippen LogP contribution in [-0.4, -0.2) is 22.4 Å². The van der Waals surface area contributed by atoms with Crippen LogP contribution in [0.25, 0.3) is 0 Å². The number of aryl methyl sites for hydroxylation is 1. The summed E-state index contributed by atoms with van der Waals surface area (Å²) in [5, 5.41) is 6.86. The molecule has 0 aromatic carbocycles. The van der Waals surface area contributed by atoms with Crippen LogP contribution in [0.3, 0.4) is 0 Å². The predicted octanol–water partition coefficient (Wildman–Crippen LogP) is 3.07. The van der Waals surface area contributed by atoms with Crippen LogP contribution in [0.1, 0.15) is 38.8 Å². The Morgan fingerprint density at radius 3 is 2.61 bits per heavy atom. The van der Waals surface area contributed by atoms with Crippen LogP contribution in [0.5, 0.6) is 0 Å². The number of rotatable bonds is 7. The van der Waals surface area contributed by atoms with E-state index >= 15 is 0 Å². The fourth-order valence-electron chi connectivity index (χ4n) is 1.88. The van der Waals surface area contributed by atoms with Crippen molar-refractivity contribution in [2.45, 2.75) is 51.9 Å². The molecule has 0 spiro atoms. The smallest absolute Gasteiger partial charge is 0.314 e. The van der Waals surface area contributed by atoms with Gasteiger partial charge in [-0.1, -0.05) is 13.8 Å². The molecule has 0 bridgehead atoms. The highest BCUT2D eigenvalue weighted by Crippen LogP contribution is 2.27. The summed E-state index contributed by atoms with van der Waals surface area (Å²) in [7, 11) is 0. The molecule has 1 N–H and O–H groups in total. The van der Waals surface area contributed by atoms with Gasteiger partial charge in [-0.15, -0.1) is 0 Å². The highest BCUT2D eigenvalue weighted by atomic mass is 19.4. The van der Waals surface area contributed by atoms with Gasteiger partial charge in [-0.05, 0) is 31.9 Å². The number of hydrogen-bond donors (Lipinski definition) is 1. The highest BCUT2D eigenvalue weighted by molar-refractivity contribution is 5.03. The molecule has 1 aromatic rings. The van der Waals surface area contributed by atoms with E-state index in [1.54, 1.807) is 0 Å². The van der Waals surface area contributed by atoms with Gasteiger partial charge in [0.1, 0.15) is 0 Å². The van der Waals surface area contributed by atoms with Gasteiger partial charge >= 0.3 is 6.18 Å². The topological polar surface area (TPSA) is 29.9 Å². The lowest BCUT2D eigenvalue weighted by molar-refractivity contribution is -0.141. The lowest BCUT2D eigenvalue weighted by atomic mass is 10.1. The first kappa shape index (κ1) is 15.0. The maximum atomic E-state index is 12.3. The van der Waals surface area contributed by atoms with Gasteiger partial charge in [0.15, 0.2) is 5.69 Å². The molecule has 1 atom stereocenters. The Balaban J connectivity index is 2.37. The summed E-state index contributed by atoms with van der Waals surface area (Å²) in [6.45, 7) is 5.59. The Hall–Kier alpha value is -1.04. The molecule has 1 aromatic heterocycles. The van der Waals surface area contributed by atoms with Crippen LogP contribution < -0.4 is 5.32 Å². The summed E-state index contributed by atoms with van der Waals surface area (Å²) in [5.41, 5.74) is -0.818. The number of nitrogens with one attached hydrogen (secondary N) is 1. The lowest BCUT2D eigenvalue weighted by Crippen LogP contribution is -2.28. The Morgan fingerprint density at radius 1 is 1.39 bits per heavy atom. The molecule has 6 heteroatoms. The normalized spacial score (nSPS) is 13.8. The fourth-order valence-corrected chi connectivity index (χ4v) is 1.88. The van der Waals surface area contributed by atoms with Gasteiger partial charge in [-0.2, -0.15) is 18.3 Å². The fraction of sp³-hybridized carbons (Fsp3) is 0.750. The van der Waals surface area contributed by atoms with E-state index in [1.807, 2.05) is 6.92 Å². The molecule has 0 aliphatic carbocycles. The Labute approximate surface area is 105 Å². The lowest BCUT2D eigenvalue weighted by Gasteiger charge is -2.15. The SMILES string of the molecule is CCNC(CC)CCCn1ccc(C(F)(F)F)n1. The molecule has 0 aliphatic rings. The standard InChI is InChI=1S/C12H20F3N3/c1-3-10(16-4-2)6-5-8-18-9-7-11(17-18)12(13,14)15/h7,9-10,16H,3-6,8H2,1-2H3. The second-order valence-electron chi connectivity index (χ2n) is 4.27. The molecule has 0 fully saturated rings. The average molecular weight is 263 g/mol. The highest BCUT2D eigenvalue weighted by Gasteiger charge is 2.33. The van der Waals surface area contributed by atoms with Crippen molar-refractivity contribution in [2.24, 2.45) is 0 Å². The zero-order chi connectivity index (χ0) is 13.6. The molecule has 3 nitrogen and oxygen atoms in total. The average Bonchev–Trinajstić information content (AvgIpc) is 2.76.